The van der Waals surface area contributed by atoms with E-state index in [0.29, 0.717) is 11.1 Å². The molecule has 1 aliphatic rings. The second kappa shape index (κ2) is 7.28. The summed E-state index contributed by atoms with van der Waals surface area (Å²) in [5, 5.41) is -0.189. The van der Waals surface area contributed by atoms with E-state index in [1.165, 1.54) is 24.3 Å². The molecule has 1 heterocycles. The van der Waals surface area contributed by atoms with E-state index in [2.05, 4.69) is 26.0 Å². The number of rotatable bonds is 2. The summed E-state index contributed by atoms with van der Waals surface area (Å²) in [5.41, 5.74) is 3.88. The smallest absolute Gasteiger partial charge is 0.178 e. The zero-order valence-electron chi connectivity index (χ0n) is 14.1. The Kier molecular flexibility index (Phi) is 5.37. The summed E-state index contributed by atoms with van der Waals surface area (Å²) in [7, 11) is -14.9. The van der Waals surface area contributed by atoms with Gasteiger partial charge in [0.1, 0.15) is 0 Å². The van der Waals surface area contributed by atoms with Gasteiger partial charge in [-0.15, -0.1) is 12.9 Å². The van der Waals surface area contributed by atoms with Crippen molar-refractivity contribution in [3.63, 3.8) is 0 Å². The first kappa shape index (κ1) is 19.9. The Morgan fingerprint density at radius 1 is 0.889 bits per heavy atom. The topological polar surface area (TPSA) is 37.1 Å². The molecule has 2 aromatic rings. The van der Waals surface area contributed by atoms with Gasteiger partial charge in [-0.1, -0.05) is 48.4 Å². The summed E-state index contributed by atoms with van der Waals surface area (Å²) in [5.74, 6) is 2.43. The summed E-state index contributed by atoms with van der Waals surface area (Å²) in [4.78, 5) is 0. The molecule has 140 valence electrons. The van der Waals surface area contributed by atoms with Gasteiger partial charge >= 0.3 is 15.3 Å². The molecule has 10 heteroatoms. The quantitative estimate of drug-likeness (QED) is 0.262. The second-order valence-electron chi connectivity index (χ2n) is 5.70. The van der Waals surface area contributed by atoms with Crippen molar-refractivity contribution in [2.24, 2.45) is 13.5 Å². The number of allylic oxidation sites excluding steroid dienone is 1. The minimum Gasteiger partial charge on any atom is -0.178 e. The van der Waals surface area contributed by atoms with Gasteiger partial charge < -0.3 is 0 Å². The van der Waals surface area contributed by atoms with Crippen molar-refractivity contribution in [2.45, 2.75) is 6.92 Å². The third kappa shape index (κ3) is 4.71. The molecule has 27 heavy (non-hydrogen) atoms. The maximum atomic E-state index is 15.3. The Morgan fingerprint density at radius 2 is 1.52 bits per heavy atom. The number of hydrogen-bond acceptors (Lipinski definition) is 3. The van der Waals surface area contributed by atoms with Gasteiger partial charge in [0.05, 0.1) is 0 Å². The van der Waals surface area contributed by atoms with Crippen LogP contribution in [0, 0.1) is 11.6 Å². The van der Waals surface area contributed by atoms with Gasteiger partial charge in [0.25, 0.3) is 7.52 Å². The Labute approximate surface area is 155 Å². The molecule has 2 aromatic carbocycles. The molecule has 0 radical (unpaired) electrons. The Balaban J connectivity index is 2.13. The van der Waals surface area contributed by atoms with Crippen molar-refractivity contribution in [2.75, 3.05) is 0 Å². The molecule has 1 aliphatic heterocycles. The Bertz CT molecular complexity index is 1120. The second-order valence-corrected chi connectivity index (χ2v) is 11.6. The lowest BCUT2D eigenvalue weighted by molar-refractivity contribution is 0.722. The first-order valence-corrected chi connectivity index (χ1v) is 12.3. The van der Waals surface area contributed by atoms with E-state index in [-0.39, 0.29) is 5.30 Å². The van der Waals surface area contributed by atoms with Gasteiger partial charge in [0.15, 0.2) is 0 Å². The lowest BCUT2D eigenvalue weighted by Crippen LogP contribution is -2.00. The van der Waals surface area contributed by atoms with Gasteiger partial charge in [0, 0.05) is 16.5 Å². The predicted octanol–water partition coefficient (Wildman–Crippen LogP) is 8.25. The van der Waals surface area contributed by atoms with Crippen molar-refractivity contribution in [1.29, 1.82) is 0 Å². The van der Waals surface area contributed by atoms with Crippen molar-refractivity contribution < 1.29 is 16.8 Å². The van der Waals surface area contributed by atoms with Crippen LogP contribution in [0.25, 0.3) is 5.57 Å². The summed E-state index contributed by atoms with van der Waals surface area (Å²) < 4.78 is 67.5. The zero-order chi connectivity index (χ0) is 19.7. The lowest BCUT2D eigenvalue weighted by atomic mass is 10.1. The monoisotopic (exact) mass is 429 g/mol. The molecule has 0 saturated carbocycles. The maximum Gasteiger partial charge on any atom is 0.422 e. The van der Waals surface area contributed by atoms with E-state index in [0.717, 1.165) is 5.57 Å². The molecule has 0 amide bonds. The average molecular weight is 429 g/mol. The summed E-state index contributed by atoms with van der Waals surface area (Å²) >= 11 is 0. The highest BCUT2D eigenvalue weighted by Gasteiger charge is 2.38. The zero-order valence-corrected chi connectivity index (χ0v) is 16.8. The third-order valence-corrected chi connectivity index (χ3v) is 10.4. The highest BCUT2D eigenvalue weighted by Crippen LogP contribution is 2.80. The molecular weight excluding hydrogens is 415 g/mol. The summed E-state index contributed by atoms with van der Waals surface area (Å²) in [6.45, 7) is 5.50. The molecule has 3 rings (SSSR count). The van der Waals surface area contributed by atoms with E-state index in [4.69, 9.17) is 0 Å². The molecule has 0 saturated heterocycles. The first-order chi connectivity index (χ1) is 12.6. The molecule has 2 unspecified atom stereocenters. The van der Waals surface area contributed by atoms with Crippen molar-refractivity contribution in [3.8, 4) is 11.6 Å². The number of halogens is 4. The van der Waals surface area contributed by atoms with E-state index in [1.807, 2.05) is 5.66 Å². The minimum atomic E-state index is -5.51. The molecular formula is C17H14F4N3P3. The lowest BCUT2D eigenvalue weighted by Gasteiger charge is -2.18. The van der Waals surface area contributed by atoms with Crippen LogP contribution in [0.1, 0.15) is 18.1 Å². The molecule has 0 fully saturated rings. The van der Waals surface area contributed by atoms with Crippen molar-refractivity contribution >= 4 is 33.7 Å². The van der Waals surface area contributed by atoms with E-state index in [9.17, 15) is 8.39 Å². The molecule has 3 nitrogen and oxygen atoms in total. The fraction of sp³-hybridized carbons (Fsp3) is 0.0588. The van der Waals surface area contributed by atoms with Crippen LogP contribution >= 0.6 is 22.9 Å². The number of nitrogens with zero attached hydrogens (tertiary/aromatic N) is 3. The van der Waals surface area contributed by atoms with Gasteiger partial charge in [-0.05, 0) is 36.8 Å². The van der Waals surface area contributed by atoms with Crippen LogP contribution in [0.4, 0.5) is 16.8 Å². The van der Waals surface area contributed by atoms with Crippen molar-refractivity contribution in [1.82, 2.24) is 0 Å². The average Bonchev–Trinajstić information content (AvgIpc) is 2.59. The van der Waals surface area contributed by atoms with Crippen LogP contribution in [-0.4, -0.2) is 0 Å². The first-order valence-electron chi connectivity index (χ1n) is 7.66. The largest absolute Gasteiger partial charge is 0.422 e. The molecule has 0 spiro atoms. The van der Waals surface area contributed by atoms with Gasteiger partial charge in [-0.25, -0.2) is 0 Å². The van der Waals surface area contributed by atoms with Gasteiger partial charge in [0.2, 0.25) is 0 Å². The highest BCUT2D eigenvalue weighted by atomic mass is 31.3. The highest BCUT2D eigenvalue weighted by molar-refractivity contribution is 7.85. The Hall–Kier alpha value is -1.85. The van der Waals surface area contributed by atoms with Gasteiger partial charge in [-0.2, -0.15) is 17.4 Å². The van der Waals surface area contributed by atoms with Crippen LogP contribution in [0.2, 0.25) is 0 Å². The van der Waals surface area contributed by atoms with Crippen LogP contribution in [0.15, 0.2) is 74.7 Å². The molecule has 0 bridgehead atoms. The van der Waals surface area contributed by atoms with Gasteiger partial charge in [-0.3, -0.25) is 0 Å². The predicted molar refractivity (Wildman–Crippen MR) is 107 cm³/mol. The summed E-state index contributed by atoms with van der Waals surface area (Å²) in [6, 6.07) is 13.8. The van der Waals surface area contributed by atoms with Crippen molar-refractivity contribution in [3.05, 3.63) is 72.3 Å². The minimum absolute atomic E-state index is 0.189. The molecule has 0 aliphatic carbocycles. The maximum absolute atomic E-state index is 15.3. The standard InChI is InChI=1S/C17H14F4N3P3/c1-14(2)16-8-10-17(11-9-16)26(19)22-25(18,23-27(20,21)24-26)13-12-15-6-4-3-5-7-15/h3-11H,1H2,2H3. The van der Waals surface area contributed by atoms with E-state index >= 15 is 8.39 Å². The fourth-order valence-electron chi connectivity index (χ4n) is 2.24. The number of hydrogen-bond donors (Lipinski definition) is 0. The summed E-state index contributed by atoms with van der Waals surface area (Å²) in [6.07, 6.45) is 0. The fourth-order valence-corrected chi connectivity index (χ4v) is 9.15. The van der Waals surface area contributed by atoms with Crippen LogP contribution in [0.5, 0.6) is 0 Å². The van der Waals surface area contributed by atoms with Crippen LogP contribution < -0.4 is 5.30 Å². The number of benzene rings is 2. The third-order valence-electron chi connectivity index (χ3n) is 3.49. The van der Waals surface area contributed by atoms with Crippen LogP contribution in [-0.2, 0) is 0 Å². The molecule has 2 atom stereocenters. The van der Waals surface area contributed by atoms with E-state index < -0.39 is 22.9 Å². The molecule has 0 aromatic heterocycles. The Morgan fingerprint density at radius 3 is 2.11 bits per heavy atom. The normalized spacial score (nSPS) is 25.8. The van der Waals surface area contributed by atoms with Crippen LogP contribution in [0.3, 0.4) is 0 Å². The molecule has 0 N–H and O–H groups in total. The van der Waals surface area contributed by atoms with E-state index in [1.54, 1.807) is 37.3 Å². The SMILES string of the molecule is C=C(C)c1ccc(P2(F)=NP(F)(F)=NP(F)(C#Cc3ccccc3)=N2)cc1.